The van der Waals surface area contributed by atoms with Gasteiger partial charge in [-0.15, -0.1) is 0 Å². The summed E-state index contributed by atoms with van der Waals surface area (Å²) in [4.78, 5) is 29.3. The lowest BCUT2D eigenvalue weighted by molar-refractivity contribution is -0.116. The highest BCUT2D eigenvalue weighted by atomic mass is 32.2. The molecule has 0 saturated carbocycles. The van der Waals surface area contributed by atoms with E-state index in [2.05, 4.69) is 10.2 Å². The fraction of sp³-hybridized carbons (Fsp3) is 0.280. The Labute approximate surface area is 199 Å². The number of carbonyl (C=O) groups is 2. The van der Waals surface area contributed by atoms with Gasteiger partial charge in [0.2, 0.25) is 15.9 Å². The number of benzene rings is 3. The Balaban J connectivity index is 1.37. The van der Waals surface area contributed by atoms with Gasteiger partial charge in [0.25, 0.3) is 5.91 Å². The molecule has 1 fully saturated rings. The largest absolute Gasteiger partial charge is 0.336 e. The number of amides is 2. The van der Waals surface area contributed by atoms with Crippen molar-refractivity contribution >= 4 is 38.3 Å². The molecule has 34 heavy (non-hydrogen) atoms. The topological polar surface area (TPSA) is 90.0 Å². The first-order valence-electron chi connectivity index (χ1n) is 11.1. The van der Waals surface area contributed by atoms with Crippen molar-refractivity contribution in [3.8, 4) is 0 Å². The summed E-state index contributed by atoms with van der Waals surface area (Å²) >= 11 is 0. The van der Waals surface area contributed by atoms with E-state index in [1.807, 2.05) is 36.2 Å². The highest BCUT2D eigenvalue weighted by Crippen LogP contribution is 2.21. The van der Waals surface area contributed by atoms with Crippen LogP contribution in [0.3, 0.4) is 0 Å². The van der Waals surface area contributed by atoms with E-state index in [0.29, 0.717) is 24.3 Å². The number of fused-ring (bicyclic) bond motifs is 1. The molecule has 3 aromatic rings. The van der Waals surface area contributed by atoms with Crippen LogP contribution in [0.5, 0.6) is 0 Å². The minimum absolute atomic E-state index is 0.0350. The van der Waals surface area contributed by atoms with Crippen LogP contribution in [0, 0.1) is 0 Å². The lowest BCUT2D eigenvalue weighted by atomic mass is 10.1. The summed E-state index contributed by atoms with van der Waals surface area (Å²) in [5.41, 5.74) is 1.05. The average molecular weight is 481 g/mol. The van der Waals surface area contributed by atoms with Gasteiger partial charge in [-0.1, -0.05) is 30.3 Å². The van der Waals surface area contributed by atoms with Gasteiger partial charge in [0, 0.05) is 44.5 Å². The van der Waals surface area contributed by atoms with Crippen LogP contribution >= 0.6 is 0 Å². The summed E-state index contributed by atoms with van der Waals surface area (Å²) in [5.74, 6) is -0.503. The van der Waals surface area contributed by atoms with E-state index in [1.54, 1.807) is 42.5 Å². The Kier molecular flexibility index (Phi) is 6.97. The third-order valence-corrected chi connectivity index (χ3v) is 7.80. The van der Waals surface area contributed by atoms with E-state index in [0.717, 1.165) is 28.2 Å². The number of nitrogens with one attached hydrogen (secondary N) is 1. The molecule has 0 bridgehead atoms. The van der Waals surface area contributed by atoms with Gasteiger partial charge in [0.1, 0.15) is 0 Å². The zero-order valence-corrected chi connectivity index (χ0v) is 20.1. The molecule has 2 amide bonds. The summed E-state index contributed by atoms with van der Waals surface area (Å²) in [6, 6.07) is 19.0. The second-order valence-electron chi connectivity index (χ2n) is 8.49. The SMILES string of the molecule is CN1CCN(C(=O)c2ccc(NC(=O)CN(C)S(=O)(=O)c3ccc4ccccc4c3)cc2)CC1. The molecule has 0 spiro atoms. The van der Waals surface area contributed by atoms with Crippen LogP contribution in [0.25, 0.3) is 10.8 Å². The van der Waals surface area contributed by atoms with Gasteiger partial charge < -0.3 is 15.1 Å². The van der Waals surface area contributed by atoms with Crippen molar-refractivity contribution in [2.24, 2.45) is 0 Å². The summed E-state index contributed by atoms with van der Waals surface area (Å²) in [6.07, 6.45) is 0. The number of nitrogens with zero attached hydrogens (tertiary/aromatic N) is 3. The van der Waals surface area contributed by atoms with E-state index in [-0.39, 0.29) is 17.3 Å². The second-order valence-corrected chi connectivity index (χ2v) is 10.5. The average Bonchev–Trinajstić information content (AvgIpc) is 2.84. The number of hydrogen-bond acceptors (Lipinski definition) is 5. The van der Waals surface area contributed by atoms with Gasteiger partial charge in [-0.3, -0.25) is 9.59 Å². The summed E-state index contributed by atoms with van der Waals surface area (Å²) in [5, 5.41) is 4.45. The highest BCUT2D eigenvalue weighted by Gasteiger charge is 2.24. The molecule has 1 N–H and O–H groups in total. The minimum Gasteiger partial charge on any atom is -0.336 e. The molecule has 1 aliphatic heterocycles. The van der Waals surface area contributed by atoms with Crippen LogP contribution in [-0.4, -0.2) is 81.2 Å². The minimum atomic E-state index is -3.83. The molecule has 4 rings (SSSR count). The molecule has 0 aliphatic carbocycles. The zero-order chi connectivity index (χ0) is 24.3. The molecular weight excluding hydrogens is 452 g/mol. The first kappa shape index (κ1) is 23.9. The Morgan fingerprint density at radius 2 is 1.56 bits per heavy atom. The van der Waals surface area contributed by atoms with Crippen LogP contribution in [0.2, 0.25) is 0 Å². The van der Waals surface area contributed by atoms with Crippen LogP contribution < -0.4 is 5.32 Å². The van der Waals surface area contributed by atoms with Crippen LogP contribution in [0.1, 0.15) is 10.4 Å². The summed E-state index contributed by atoms with van der Waals surface area (Å²) in [6.45, 7) is 2.72. The summed E-state index contributed by atoms with van der Waals surface area (Å²) in [7, 11) is -0.425. The first-order chi connectivity index (χ1) is 16.2. The maximum atomic E-state index is 13.0. The second kappa shape index (κ2) is 9.92. The number of anilines is 1. The standard InChI is InChI=1S/C25H28N4O4S/c1-27-13-15-29(16-14-27)25(31)20-7-10-22(11-8-20)26-24(30)18-28(2)34(32,33)23-12-9-19-5-3-4-6-21(19)17-23/h3-12,17H,13-16,18H2,1-2H3,(H,26,30). The van der Waals surface area contributed by atoms with Gasteiger partial charge >= 0.3 is 0 Å². The van der Waals surface area contributed by atoms with Crippen molar-refractivity contribution in [2.75, 3.05) is 52.1 Å². The van der Waals surface area contributed by atoms with Gasteiger partial charge in [-0.05, 0) is 54.2 Å². The van der Waals surface area contributed by atoms with Crippen LogP contribution in [0.4, 0.5) is 5.69 Å². The molecular formula is C25H28N4O4S. The van der Waals surface area contributed by atoms with Crippen molar-refractivity contribution in [3.63, 3.8) is 0 Å². The zero-order valence-electron chi connectivity index (χ0n) is 19.3. The maximum Gasteiger partial charge on any atom is 0.253 e. The molecule has 8 nitrogen and oxygen atoms in total. The number of rotatable bonds is 6. The fourth-order valence-corrected chi connectivity index (χ4v) is 5.05. The lowest BCUT2D eigenvalue weighted by Crippen LogP contribution is -2.47. The Bertz CT molecular complexity index is 1300. The van der Waals surface area contributed by atoms with E-state index >= 15 is 0 Å². The van der Waals surface area contributed by atoms with E-state index in [4.69, 9.17) is 0 Å². The number of carbonyl (C=O) groups excluding carboxylic acids is 2. The number of hydrogen-bond donors (Lipinski definition) is 1. The third-order valence-electron chi connectivity index (χ3n) is 6.00. The Hall–Kier alpha value is -3.27. The maximum absolute atomic E-state index is 13.0. The molecule has 178 valence electrons. The smallest absolute Gasteiger partial charge is 0.253 e. The molecule has 3 aromatic carbocycles. The molecule has 0 aromatic heterocycles. The molecule has 0 unspecified atom stereocenters. The number of likely N-dealkylation sites (N-methyl/N-ethyl adjacent to an activating group) is 2. The van der Waals surface area contributed by atoms with Crippen molar-refractivity contribution in [1.29, 1.82) is 0 Å². The van der Waals surface area contributed by atoms with Crippen molar-refractivity contribution in [3.05, 3.63) is 72.3 Å². The van der Waals surface area contributed by atoms with Crippen molar-refractivity contribution in [2.45, 2.75) is 4.90 Å². The fourth-order valence-electron chi connectivity index (χ4n) is 3.88. The number of sulfonamides is 1. The number of piperazine rings is 1. The monoisotopic (exact) mass is 480 g/mol. The Morgan fingerprint density at radius 1 is 0.912 bits per heavy atom. The van der Waals surface area contributed by atoms with E-state index < -0.39 is 15.9 Å². The predicted octanol–water partition coefficient (Wildman–Crippen LogP) is 2.49. The molecule has 1 aliphatic rings. The third kappa shape index (κ3) is 5.27. The quantitative estimate of drug-likeness (QED) is 0.586. The highest BCUT2D eigenvalue weighted by molar-refractivity contribution is 7.89. The van der Waals surface area contributed by atoms with Gasteiger partial charge in [0.05, 0.1) is 11.4 Å². The van der Waals surface area contributed by atoms with Crippen molar-refractivity contribution in [1.82, 2.24) is 14.1 Å². The van der Waals surface area contributed by atoms with Crippen LogP contribution in [0.15, 0.2) is 71.6 Å². The van der Waals surface area contributed by atoms with Crippen molar-refractivity contribution < 1.29 is 18.0 Å². The lowest BCUT2D eigenvalue weighted by Gasteiger charge is -2.32. The van der Waals surface area contributed by atoms with Gasteiger partial charge in [-0.2, -0.15) is 4.31 Å². The van der Waals surface area contributed by atoms with Crippen LogP contribution in [-0.2, 0) is 14.8 Å². The molecule has 9 heteroatoms. The van der Waals surface area contributed by atoms with Gasteiger partial charge in [0.15, 0.2) is 0 Å². The first-order valence-corrected chi connectivity index (χ1v) is 12.5. The summed E-state index contributed by atoms with van der Waals surface area (Å²) < 4.78 is 26.9. The van der Waals surface area contributed by atoms with E-state index in [1.165, 1.54) is 7.05 Å². The van der Waals surface area contributed by atoms with E-state index in [9.17, 15) is 18.0 Å². The molecule has 0 atom stereocenters. The normalized spacial score (nSPS) is 15.0. The van der Waals surface area contributed by atoms with Gasteiger partial charge in [-0.25, -0.2) is 8.42 Å². The Morgan fingerprint density at radius 3 is 2.24 bits per heavy atom. The molecule has 0 radical (unpaired) electrons. The predicted molar refractivity (Wildman–Crippen MR) is 132 cm³/mol. The molecule has 1 heterocycles. The molecule has 1 saturated heterocycles.